The van der Waals surface area contributed by atoms with Gasteiger partial charge in [-0.15, -0.1) is 24.7 Å². The van der Waals surface area contributed by atoms with E-state index < -0.39 is 0 Å². The van der Waals surface area contributed by atoms with Crippen molar-refractivity contribution in [2.75, 3.05) is 0 Å². The molecule has 1 unspecified atom stereocenters. The highest BCUT2D eigenvalue weighted by Crippen LogP contribution is 2.02. The first-order chi connectivity index (χ1) is 5.35. The monoisotopic (exact) mass is 144 g/mol. The Morgan fingerprint density at radius 3 is 2.55 bits per heavy atom. The predicted octanol–water partition coefficient (Wildman–Crippen LogP) is 2.06. The van der Waals surface area contributed by atoms with Gasteiger partial charge in [0.1, 0.15) is 0 Å². The molecule has 0 aliphatic carbocycles. The van der Waals surface area contributed by atoms with E-state index in [1.54, 1.807) is 0 Å². The molecule has 0 amide bonds. The fraction of sp³-hybridized carbons (Fsp3) is 0.455. The summed E-state index contributed by atoms with van der Waals surface area (Å²) in [4.78, 5) is 0. The molecule has 0 saturated carbocycles. The molecule has 0 aromatic heterocycles. The van der Waals surface area contributed by atoms with Crippen molar-refractivity contribution in [1.29, 1.82) is 0 Å². The van der Waals surface area contributed by atoms with Crippen molar-refractivity contribution in [2.24, 2.45) is 5.92 Å². The summed E-state index contributed by atoms with van der Waals surface area (Å²) in [5.74, 6) is 11.1. The van der Waals surface area contributed by atoms with Crippen molar-refractivity contribution in [1.82, 2.24) is 0 Å². The standard InChI is InChI=1S/C11H12/c1-4-7-9-11(6-3)10-8-5-2/h1,3,11H,5,7,9H2,2H3. The van der Waals surface area contributed by atoms with Crippen molar-refractivity contribution in [3.05, 3.63) is 0 Å². The summed E-state index contributed by atoms with van der Waals surface area (Å²) in [6.45, 7) is 2.00. The van der Waals surface area contributed by atoms with E-state index in [-0.39, 0.29) is 5.92 Å². The van der Waals surface area contributed by atoms with E-state index in [1.807, 2.05) is 6.92 Å². The van der Waals surface area contributed by atoms with Crippen LogP contribution in [0, 0.1) is 42.4 Å². The average molecular weight is 144 g/mol. The largest absolute Gasteiger partial charge is 0.120 e. The normalized spacial score (nSPS) is 10.1. The van der Waals surface area contributed by atoms with E-state index in [2.05, 4.69) is 23.7 Å². The van der Waals surface area contributed by atoms with Gasteiger partial charge < -0.3 is 0 Å². The van der Waals surface area contributed by atoms with Crippen LogP contribution < -0.4 is 0 Å². The fourth-order valence-corrected chi connectivity index (χ4v) is 0.650. The molecule has 0 bridgehead atoms. The molecule has 56 valence electrons. The van der Waals surface area contributed by atoms with Crippen LogP contribution >= 0.6 is 0 Å². The Bertz CT molecular complexity index is 223. The van der Waals surface area contributed by atoms with Crippen LogP contribution in [0.2, 0.25) is 0 Å². The second-order valence-corrected chi connectivity index (χ2v) is 2.14. The molecule has 0 radical (unpaired) electrons. The van der Waals surface area contributed by atoms with E-state index in [0.29, 0.717) is 6.42 Å². The number of hydrogen-bond acceptors (Lipinski definition) is 0. The summed E-state index contributed by atoms with van der Waals surface area (Å²) >= 11 is 0. The SMILES string of the molecule is C#CCCC(C#C)C#CCC. The first kappa shape index (κ1) is 9.68. The minimum Gasteiger partial charge on any atom is -0.120 e. The quantitative estimate of drug-likeness (QED) is 0.520. The van der Waals surface area contributed by atoms with E-state index in [9.17, 15) is 0 Å². The molecule has 0 aliphatic rings. The summed E-state index contributed by atoms with van der Waals surface area (Å²) in [5.41, 5.74) is 0. The van der Waals surface area contributed by atoms with Gasteiger partial charge in [0.25, 0.3) is 0 Å². The van der Waals surface area contributed by atoms with Crippen molar-refractivity contribution in [3.8, 4) is 36.5 Å². The molecule has 11 heavy (non-hydrogen) atoms. The van der Waals surface area contributed by atoms with Crippen molar-refractivity contribution >= 4 is 0 Å². The molecule has 1 atom stereocenters. The molecule has 0 aliphatic heterocycles. The molecule has 0 N–H and O–H groups in total. The number of rotatable bonds is 2. The summed E-state index contributed by atoms with van der Waals surface area (Å²) in [6.07, 6.45) is 12.7. The minimum atomic E-state index is 0.0472. The first-order valence-electron chi connectivity index (χ1n) is 3.73. The third-order valence-electron chi connectivity index (χ3n) is 1.23. The molecular formula is C11H12. The third-order valence-corrected chi connectivity index (χ3v) is 1.23. The lowest BCUT2D eigenvalue weighted by Gasteiger charge is -1.96. The van der Waals surface area contributed by atoms with Crippen LogP contribution in [0.3, 0.4) is 0 Å². The molecule has 0 fully saturated rings. The third kappa shape index (κ3) is 5.14. The second kappa shape index (κ2) is 6.80. The molecule has 0 heteroatoms. The maximum absolute atomic E-state index is 5.23. The van der Waals surface area contributed by atoms with Crippen LogP contribution in [0.1, 0.15) is 26.2 Å². The van der Waals surface area contributed by atoms with Crippen molar-refractivity contribution < 1.29 is 0 Å². The van der Waals surface area contributed by atoms with E-state index in [1.165, 1.54) is 0 Å². The lowest BCUT2D eigenvalue weighted by molar-refractivity contribution is 0.776. The Labute approximate surface area is 69.4 Å². The zero-order valence-electron chi connectivity index (χ0n) is 6.85. The summed E-state index contributed by atoms with van der Waals surface area (Å²) in [5, 5.41) is 0. The van der Waals surface area contributed by atoms with Crippen LogP contribution in [-0.2, 0) is 0 Å². The zero-order chi connectivity index (χ0) is 8.53. The van der Waals surface area contributed by atoms with Crippen LogP contribution in [-0.4, -0.2) is 0 Å². The maximum atomic E-state index is 5.23. The molecule has 0 aromatic rings. The Hall–Kier alpha value is -1.32. The Morgan fingerprint density at radius 1 is 1.36 bits per heavy atom. The molecule has 0 saturated heterocycles. The maximum Gasteiger partial charge on any atom is 0.0817 e. The van der Waals surface area contributed by atoms with Crippen LogP contribution in [0.25, 0.3) is 0 Å². The summed E-state index contributed by atoms with van der Waals surface area (Å²) in [7, 11) is 0. The Balaban J connectivity index is 3.81. The summed E-state index contributed by atoms with van der Waals surface area (Å²) in [6, 6.07) is 0. The molecule has 0 heterocycles. The van der Waals surface area contributed by atoms with Gasteiger partial charge in [0.2, 0.25) is 0 Å². The fourth-order valence-electron chi connectivity index (χ4n) is 0.650. The average Bonchev–Trinajstić information content (AvgIpc) is 2.05. The van der Waals surface area contributed by atoms with Gasteiger partial charge in [-0.2, -0.15) is 0 Å². The van der Waals surface area contributed by atoms with Crippen LogP contribution in [0.4, 0.5) is 0 Å². The molecular weight excluding hydrogens is 132 g/mol. The second-order valence-electron chi connectivity index (χ2n) is 2.14. The van der Waals surface area contributed by atoms with Gasteiger partial charge in [-0.25, -0.2) is 0 Å². The molecule has 0 nitrogen and oxygen atoms in total. The Kier molecular flexibility index (Phi) is 5.98. The number of terminal acetylenes is 2. The first-order valence-corrected chi connectivity index (χ1v) is 3.73. The topological polar surface area (TPSA) is 0 Å². The highest BCUT2D eigenvalue weighted by molar-refractivity contribution is 5.14. The van der Waals surface area contributed by atoms with Crippen molar-refractivity contribution in [3.63, 3.8) is 0 Å². The van der Waals surface area contributed by atoms with Gasteiger partial charge >= 0.3 is 0 Å². The minimum absolute atomic E-state index is 0.0472. The van der Waals surface area contributed by atoms with E-state index in [4.69, 9.17) is 12.8 Å². The Morgan fingerprint density at radius 2 is 2.09 bits per heavy atom. The van der Waals surface area contributed by atoms with Gasteiger partial charge in [0.05, 0.1) is 5.92 Å². The van der Waals surface area contributed by atoms with E-state index in [0.717, 1.165) is 12.8 Å². The van der Waals surface area contributed by atoms with Gasteiger partial charge in [-0.3, -0.25) is 0 Å². The van der Waals surface area contributed by atoms with Crippen LogP contribution in [0.5, 0.6) is 0 Å². The highest BCUT2D eigenvalue weighted by Gasteiger charge is 1.96. The van der Waals surface area contributed by atoms with Crippen LogP contribution in [0.15, 0.2) is 0 Å². The predicted molar refractivity (Wildman–Crippen MR) is 48.5 cm³/mol. The lowest BCUT2D eigenvalue weighted by atomic mass is 10.1. The summed E-state index contributed by atoms with van der Waals surface area (Å²) < 4.78 is 0. The van der Waals surface area contributed by atoms with Gasteiger partial charge in [-0.05, 0) is 6.42 Å². The van der Waals surface area contributed by atoms with Gasteiger partial charge in [0.15, 0.2) is 0 Å². The highest BCUT2D eigenvalue weighted by atomic mass is 14.0. The van der Waals surface area contributed by atoms with E-state index >= 15 is 0 Å². The lowest BCUT2D eigenvalue weighted by Crippen LogP contribution is -1.91. The molecule has 0 aromatic carbocycles. The molecule has 0 spiro atoms. The molecule has 0 rings (SSSR count). The smallest absolute Gasteiger partial charge is 0.0817 e. The van der Waals surface area contributed by atoms with Gasteiger partial charge in [0, 0.05) is 12.8 Å². The van der Waals surface area contributed by atoms with Gasteiger partial charge in [-0.1, -0.05) is 18.8 Å². The van der Waals surface area contributed by atoms with Crippen molar-refractivity contribution in [2.45, 2.75) is 26.2 Å². The zero-order valence-corrected chi connectivity index (χ0v) is 6.85. The number of hydrogen-bond donors (Lipinski definition) is 0.